The van der Waals surface area contributed by atoms with Gasteiger partial charge in [0.25, 0.3) is 0 Å². The number of ether oxygens (including phenoxy) is 1. The summed E-state index contributed by atoms with van der Waals surface area (Å²) in [6.07, 6.45) is 4.89. The van der Waals surface area contributed by atoms with E-state index < -0.39 is 11.5 Å². The maximum atomic E-state index is 12.3. The van der Waals surface area contributed by atoms with E-state index in [2.05, 4.69) is 10.6 Å². The standard InChI is InChI=1S/C19H28N2O3/c1-13(20-18(23)19(2,3)4)17(22)21-14-8-7-11-16(12-14)24-15-9-5-6-10-15/h7-8,11-13,15H,5-6,9-10H2,1-4H3,(H,20,23)(H,21,22). The van der Waals surface area contributed by atoms with E-state index in [9.17, 15) is 9.59 Å². The van der Waals surface area contributed by atoms with Crippen molar-refractivity contribution in [1.82, 2.24) is 5.32 Å². The summed E-state index contributed by atoms with van der Waals surface area (Å²) >= 11 is 0. The minimum Gasteiger partial charge on any atom is -0.490 e. The van der Waals surface area contributed by atoms with Crippen molar-refractivity contribution in [3.8, 4) is 5.75 Å². The summed E-state index contributed by atoms with van der Waals surface area (Å²) in [6, 6.07) is 6.81. The molecule has 1 aromatic carbocycles. The number of rotatable bonds is 5. The average molecular weight is 332 g/mol. The van der Waals surface area contributed by atoms with Crippen molar-refractivity contribution < 1.29 is 14.3 Å². The predicted molar refractivity (Wildman–Crippen MR) is 95.0 cm³/mol. The Morgan fingerprint density at radius 2 is 1.88 bits per heavy atom. The molecule has 0 bridgehead atoms. The first-order valence-electron chi connectivity index (χ1n) is 8.64. The molecule has 24 heavy (non-hydrogen) atoms. The molecule has 5 heteroatoms. The molecule has 2 amide bonds. The Morgan fingerprint density at radius 1 is 1.21 bits per heavy atom. The fourth-order valence-electron chi connectivity index (χ4n) is 2.58. The normalized spacial score (nSPS) is 16.5. The zero-order valence-electron chi connectivity index (χ0n) is 15.0. The number of amides is 2. The Hall–Kier alpha value is -2.04. The molecule has 0 radical (unpaired) electrons. The van der Waals surface area contributed by atoms with Crippen LogP contribution in [0, 0.1) is 5.41 Å². The first kappa shape index (κ1) is 18.3. The lowest BCUT2D eigenvalue weighted by atomic mass is 9.95. The van der Waals surface area contributed by atoms with E-state index in [0.29, 0.717) is 5.69 Å². The highest BCUT2D eigenvalue weighted by Gasteiger charge is 2.25. The largest absolute Gasteiger partial charge is 0.490 e. The molecule has 2 rings (SSSR count). The van der Waals surface area contributed by atoms with E-state index in [1.54, 1.807) is 6.92 Å². The molecule has 0 saturated heterocycles. The molecule has 1 atom stereocenters. The molecule has 5 nitrogen and oxygen atoms in total. The quantitative estimate of drug-likeness (QED) is 0.867. The second kappa shape index (κ2) is 7.69. The van der Waals surface area contributed by atoms with Crippen LogP contribution < -0.4 is 15.4 Å². The molecule has 1 unspecified atom stereocenters. The van der Waals surface area contributed by atoms with Crippen molar-refractivity contribution in [2.45, 2.75) is 65.5 Å². The highest BCUT2D eigenvalue weighted by atomic mass is 16.5. The van der Waals surface area contributed by atoms with Gasteiger partial charge in [0, 0.05) is 17.2 Å². The Labute approximate surface area is 144 Å². The van der Waals surface area contributed by atoms with Crippen LogP contribution >= 0.6 is 0 Å². The van der Waals surface area contributed by atoms with Gasteiger partial charge < -0.3 is 15.4 Å². The number of nitrogens with one attached hydrogen (secondary N) is 2. The van der Waals surface area contributed by atoms with Gasteiger partial charge in [0.15, 0.2) is 0 Å². The first-order chi connectivity index (χ1) is 11.3. The zero-order chi connectivity index (χ0) is 17.7. The Bertz CT molecular complexity index is 587. The maximum absolute atomic E-state index is 12.3. The lowest BCUT2D eigenvalue weighted by Crippen LogP contribution is -2.46. The second-order valence-corrected chi connectivity index (χ2v) is 7.49. The molecular formula is C19H28N2O3. The minimum atomic E-state index is -0.601. The molecule has 0 spiro atoms. The topological polar surface area (TPSA) is 67.4 Å². The number of hydrogen-bond acceptors (Lipinski definition) is 3. The average Bonchev–Trinajstić information content (AvgIpc) is 2.99. The third-order valence-electron chi connectivity index (χ3n) is 4.13. The van der Waals surface area contributed by atoms with Crippen LogP contribution in [0.2, 0.25) is 0 Å². The number of benzene rings is 1. The second-order valence-electron chi connectivity index (χ2n) is 7.49. The molecule has 0 aliphatic heterocycles. The van der Waals surface area contributed by atoms with Crippen LogP contribution in [0.1, 0.15) is 53.4 Å². The van der Waals surface area contributed by atoms with Crippen molar-refractivity contribution in [1.29, 1.82) is 0 Å². The van der Waals surface area contributed by atoms with E-state index in [1.807, 2.05) is 45.0 Å². The van der Waals surface area contributed by atoms with Gasteiger partial charge in [0.1, 0.15) is 11.8 Å². The van der Waals surface area contributed by atoms with Crippen molar-refractivity contribution in [2.75, 3.05) is 5.32 Å². The van der Waals surface area contributed by atoms with Crippen LogP contribution in [0.3, 0.4) is 0 Å². The lowest BCUT2D eigenvalue weighted by Gasteiger charge is -2.21. The molecule has 132 valence electrons. The van der Waals surface area contributed by atoms with Crippen LogP contribution in [0.15, 0.2) is 24.3 Å². The highest BCUT2D eigenvalue weighted by molar-refractivity contribution is 5.97. The van der Waals surface area contributed by atoms with Crippen molar-refractivity contribution in [2.24, 2.45) is 5.41 Å². The van der Waals surface area contributed by atoms with Crippen LogP contribution in [0.25, 0.3) is 0 Å². The summed E-state index contributed by atoms with van der Waals surface area (Å²) in [4.78, 5) is 24.2. The van der Waals surface area contributed by atoms with Gasteiger partial charge in [0.05, 0.1) is 6.10 Å². The maximum Gasteiger partial charge on any atom is 0.246 e. The van der Waals surface area contributed by atoms with Gasteiger partial charge in [-0.2, -0.15) is 0 Å². The summed E-state index contributed by atoms with van der Waals surface area (Å²) in [5.41, 5.74) is 0.149. The van der Waals surface area contributed by atoms with E-state index in [0.717, 1.165) is 18.6 Å². The number of carbonyl (C=O) groups excluding carboxylic acids is 2. The van der Waals surface area contributed by atoms with Crippen molar-refractivity contribution in [3.05, 3.63) is 24.3 Å². The molecule has 1 aliphatic carbocycles. The van der Waals surface area contributed by atoms with Gasteiger partial charge in [-0.1, -0.05) is 26.8 Å². The molecule has 1 fully saturated rings. The summed E-state index contributed by atoms with van der Waals surface area (Å²) in [6.45, 7) is 7.13. The predicted octanol–water partition coefficient (Wildman–Crippen LogP) is 3.50. The molecule has 0 heterocycles. The Balaban J connectivity index is 1.92. The molecule has 1 saturated carbocycles. The fraction of sp³-hybridized carbons (Fsp3) is 0.579. The molecular weight excluding hydrogens is 304 g/mol. The van der Waals surface area contributed by atoms with Crippen LogP contribution in [0.5, 0.6) is 5.75 Å². The van der Waals surface area contributed by atoms with E-state index in [-0.39, 0.29) is 17.9 Å². The molecule has 0 aromatic heterocycles. The summed E-state index contributed by atoms with van der Waals surface area (Å²) < 4.78 is 5.95. The van der Waals surface area contributed by atoms with Gasteiger partial charge >= 0.3 is 0 Å². The number of hydrogen-bond donors (Lipinski definition) is 2. The third-order valence-corrected chi connectivity index (χ3v) is 4.13. The first-order valence-corrected chi connectivity index (χ1v) is 8.64. The van der Waals surface area contributed by atoms with E-state index >= 15 is 0 Å². The minimum absolute atomic E-state index is 0.150. The SMILES string of the molecule is CC(NC(=O)C(C)(C)C)C(=O)Nc1cccc(OC2CCCC2)c1. The van der Waals surface area contributed by atoms with Gasteiger partial charge in [0.2, 0.25) is 11.8 Å². The van der Waals surface area contributed by atoms with Crippen LogP contribution in [0.4, 0.5) is 5.69 Å². The highest BCUT2D eigenvalue weighted by Crippen LogP contribution is 2.25. The molecule has 1 aliphatic rings. The fourth-order valence-corrected chi connectivity index (χ4v) is 2.58. The zero-order valence-corrected chi connectivity index (χ0v) is 15.0. The third kappa shape index (κ3) is 5.25. The Morgan fingerprint density at radius 3 is 2.50 bits per heavy atom. The van der Waals surface area contributed by atoms with E-state index in [1.165, 1.54) is 12.8 Å². The van der Waals surface area contributed by atoms with Gasteiger partial charge in [-0.25, -0.2) is 0 Å². The van der Waals surface area contributed by atoms with Crippen molar-refractivity contribution in [3.63, 3.8) is 0 Å². The van der Waals surface area contributed by atoms with Gasteiger partial charge in [-0.3, -0.25) is 9.59 Å². The summed E-state index contributed by atoms with van der Waals surface area (Å²) in [5.74, 6) is 0.375. The number of carbonyl (C=O) groups is 2. The summed E-state index contributed by atoms with van der Waals surface area (Å²) in [7, 11) is 0. The van der Waals surface area contributed by atoms with E-state index in [4.69, 9.17) is 4.74 Å². The molecule has 1 aromatic rings. The smallest absolute Gasteiger partial charge is 0.246 e. The monoisotopic (exact) mass is 332 g/mol. The van der Waals surface area contributed by atoms with Gasteiger partial charge in [-0.05, 0) is 44.7 Å². The van der Waals surface area contributed by atoms with Crippen LogP contribution in [-0.2, 0) is 9.59 Å². The summed E-state index contributed by atoms with van der Waals surface area (Å²) in [5, 5.41) is 5.56. The van der Waals surface area contributed by atoms with Gasteiger partial charge in [-0.15, -0.1) is 0 Å². The Kier molecular flexibility index (Phi) is 5.86. The van der Waals surface area contributed by atoms with Crippen molar-refractivity contribution >= 4 is 17.5 Å². The number of anilines is 1. The van der Waals surface area contributed by atoms with Crippen LogP contribution in [-0.4, -0.2) is 24.0 Å². The molecule has 2 N–H and O–H groups in total. The lowest BCUT2D eigenvalue weighted by molar-refractivity contribution is -0.131.